The fourth-order valence-corrected chi connectivity index (χ4v) is 12.1. The van der Waals surface area contributed by atoms with E-state index in [1.807, 2.05) is 18.2 Å². The van der Waals surface area contributed by atoms with E-state index in [1.165, 1.54) is 180 Å². The van der Waals surface area contributed by atoms with E-state index in [9.17, 15) is 61.0 Å². The quantitative estimate of drug-likeness (QED) is 0.0199. The highest BCUT2D eigenvalue weighted by Crippen LogP contribution is 2.33. The second-order valence-electron chi connectivity index (χ2n) is 26.0. The van der Waals surface area contributed by atoms with E-state index in [2.05, 4.69) is 61.7 Å². The molecule has 17 atom stereocenters. The molecule has 3 aliphatic rings. The van der Waals surface area contributed by atoms with Crippen molar-refractivity contribution in [3.8, 4) is 0 Å². The summed E-state index contributed by atoms with van der Waals surface area (Å²) in [5.74, 6) is -0.402. The lowest BCUT2D eigenvalue weighted by atomic mass is 9.96. The summed E-state index contributed by atoms with van der Waals surface area (Å²) in [4.78, 5) is 13.3. The van der Waals surface area contributed by atoms with Gasteiger partial charge in [-0.05, 0) is 44.9 Å². The number of nitrogens with one attached hydrogen (secondary N) is 1. The number of carbonyl (C=O) groups excluding carboxylic acids is 1. The van der Waals surface area contributed by atoms with E-state index >= 15 is 0 Å². The van der Waals surface area contributed by atoms with Crippen molar-refractivity contribution >= 4 is 5.91 Å². The minimum Gasteiger partial charge on any atom is -0.394 e. The maximum absolute atomic E-state index is 13.3. The fraction of sp³-hybridized carbons (Fsp3) is 0.824. The number of aliphatic hydroxyl groups is 11. The summed E-state index contributed by atoms with van der Waals surface area (Å²) < 4.78 is 34.3. The Bertz CT molecular complexity index is 1970. The molecule has 3 aliphatic heterocycles. The first-order valence-electron chi connectivity index (χ1n) is 36.7. The number of allylic oxidation sites excluding steroid dienone is 10. The number of unbranched alkanes of at least 4 members (excludes halogenated alkanes) is 31. The van der Waals surface area contributed by atoms with E-state index in [0.717, 1.165) is 51.4 Å². The normalized spacial score (nSPS) is 27.9. The van der Waals surface area contributed by atoms with Crippen LogP contribution >= 0.6 is 0 Å². The van der Waals surface area contributed by atoms with Crippen molar-refractivity contribution < 1.29 is 89.4 Å². The van der Waals surface area contributed by atoms with Crippen molar-refractivity contribution in [3.63, 3.8) is 0 Å². The number of ether oxygens (including phenoxy) is 6. The lowest BCUT2D eigenvalue weighted by Crippen LogP contribution is -2.66. The highest BCUT2D eigenvalue weighted by Gasteiger charge is 2.53. The van der Waals surface area contributed by atoms with Crippen molar-refractivity contribution in [3.05, 3.63) is 72.9 Å². The maximum atomic E-state index is 13.3. The van der Waals surface area contributed by atoms with Gasteiger partial charge in [0.05, 0.1) is 38.6 Å². The van der Waals surface area contributed by atoms with Gasteiger partial charge in [0.2, 0.25) is 5.91 Å². The molecule has 3 heterocycles. The molecule has 0 aliphatic carbocycles. The molecule has 17 unspecified atom stereocenters. The van der Waals surface area contributed by atoms with Crippen LogP contribution in [0.1, 0.15) is 258 Å². The molecule has 93 heavy (non-hydrogen) atoms. The zero-order valence-corrected chi connectivity index (χ0v) is 57.2. The van der Waals surface area contributed by atoms with Gasteiger partial charge >= 0.3 is 0 Å². The zero-order chi connectivity index (χ0) is 67.5. The van der Waals surface area contributed by atoms with Crippen LogP contribution < -0.4 is 5.32 Å². The van der Waals surface area contributed by atoms with E-state index in [0.29, 0.717) is 6.42 Å². The van der Waals surface area contributed by atoms with Crippen LogP contribution in [-0.2, 0) is 33.2 Å². The van der Waals surface area contributed by atoms with Gasteiger partial charge in [0.1, 0.15) is 73.2 Å². The summed E-state index contributed by atoms with van der Waals surface area (Å²) >= 11 is 0. The Kier molecular flexibility index (Phi) is 50.1. The van der Waals surface area contributed by atoms with Gasteiger partial charge in [-0.1, -0.05) is 279 Å². The summed E-state index contributed by atoms with van der Waals surface area (Å²) in [6.07, 6.45) is 43.7. The Labute approximate surface area is 559 Å². The Morgan fingerprint density at radius 1 is 0.398 bits per heavy atom. The third kappa shape index (κ3) is 36.6. The van der Waals surface area contributed by atoms with E-state index in [4.69, 9.17) is 28.4 Å². The Morgan fingerprint density at radius 3 is 1.12 bits per heavy atom. The lowest BCUT2D eigenvalue weighted by molar-refractivity contribution is -0.379. The molecule has 0 spiro atoms. The topological polar surface area (TPSA) is 307 Å². The molecule has 1 amide bonds. The molecular weight excluding hydrogens is 1190 g/mol. The summed E-state index contributed by atoms with van der Waals surface area (Å²) in [5.41, 5.74) is 0. The largest absolute Gasteiger partial charge is 0.394 e. The average Bonchev–Trinajstić information content (AvgIpc) is 0.814. The van der Waals surface area contributed by atoms with Crippen molar-refractivity contribution in [1.82, 2.24) is 5.32 Å². The fourth-order valence-electron chi connectivity index (χ4n) is 12.1. The molecule has 0 radical (unpaired) electrons. The molecule has 0 aromatic heterocycles. The Balaban J connectivity index is 1.38. The molecule has 3 rings (SSSR count). The van der Waals surface area contributed by atoms with Crippen LogP contribution in [0.25, 0.3) is 0 Å². The number of aliphatic hydroxyl groups excluding tert-OH is 11. The first-order valence-corrected chi connectivity index (χ1v) is 36.7. The molecule has 540 valence electrons. The van der Waals surface area contributed by atoms with Crippen molar-refractivity contribution in [2.75, 3.05) is 26.4 Å². The first-order chi connectivity index (χ1) is 45.3. The number of amides is 1. The maximum Gasteiger partial charge on any atom is 0.224 e. The first kappa shape index (κ1) is 84.5. The third-order valence-corrected chi connectivity index (χ3v) is 18.0. The van der Waals surface area contributed by atoms with Gasteiger partial charge in [-0.15, -0.1) is 0 Å². The molecule has 12 N–H and O–H groups in total. The van der Waals surface area contributed by atoms with Gasteiger partial charge in [-0.3, -0.25) is 4.79 Å². The minimum absolute atomic E-state index is 0.00849. The summed E-state index contributed by atoms with van der Waals surface area (Å²) in [6.45, 7) is 1.56. The number of hydrogen-bond acceptors (Lipinski definition) is 18. The SMILES string of the molecule is CC/C=C\C/C=C\C/C=C\C/C=C\C/C=C\CC(=O)NC(COC1OC(CO)C(OC2OC(CO)C(OC3OC(CO)C(O)C(O)C3O)C(O)C2O)C(O)C1O)C(O)/C=C/CCCCCCCCCCCCCCCCCCCCCCCCCCCCCCCCC. The molecule has 3 fully saturated rings. The van der Waals surface area contributed by atoms with Crippen LogP contribution in [-0.4, -0.2) is 193 Å². The molecule has 0 aromatic carbocycles. The minimum atomic E-state index is -1.99. The average molecular weight is 1320 g/mol. The van der Waals surface area contributed by atoms with Gasteiger partial charge in [-0.2, -0.15) is 0 Å². The molecule has 19 heteroatoms. The van der Waals surface area contributed by atoms with Crippen LogP contribution in [0.4, 0.5) is 0 Å². The second-order valence-corrected chi connectivity index (χ2v) is 26.0. The van der Waals surface area contributed by atoms with Crippen molar-refractivity contribution in [2.24, 2.45) is 0 Å². The monoisotopic (exact) mass is 1320 g/mol. The summed E-state index contributed by atoms with van der Waals surface area (Å²) in [7, 11) is 0. The Hall–Kier alpha value is -2.77. The molecule has 0 bridgehead atoms. The van der Waals surface area contributed by atoms with Crippen LogP contribution in [0.5, 0.6) is 0 Å². The molecule has 0 saturated carbocycles. The predicted octanol–water partition coefficient (Wildman–Crippen LogP) is 10.5. The lowest BCUT2D eigenvalue weighted by Gasteiger charge is -2.48. The highest BCUT2D eigenvalue weighted by molar-refractivity contribution is 5.77. The van der Waals surface area contributed by atoms with Crippen molar-refractivity contribution in [1.29, 1.82) is 0 Å². The summed E-state index contributed by atoms with van der Waals surface area (Å²) in [6, 6.07) is -1.03. The van der Waals surface area contributed by atoms with Crippen LogP contribution in [0, 0.1) is 0 Å². The zero-order valence-electron chi connectivity index (χ0n) is 57.2. The standard InChI is InChI=1S/C74H131NO18/c1-3-5-7-9-11-13-15-17-19-20-21-22-23-24-25-26-27-28-29-30-31-32-33-34-35-36-38-39-41-43-45-47-49-51-58(79)57(75-62(80)52-50-48-46-44-42-40-37-18-16-14-12-10-8-6-4-2)56-88-72-68(86)65(83)70(60(54-77)90-72)93-74-69(87)66(84)71(61(55-78)91-74)92-73-67(85)64(82)63(81)59(53-76)89-73/h6,8,12,14,18,37,42,44,48-51,57-61,63-74,76-79,81-87H,3-5,7,9-11,13,15-17,19-36,38-41,43,45-47,52-56H2,1-2H3,(H,75,80)/b8-6-,14-12-,37-18-,44-42-,50-48-,51-49+. The Morgan fingerprint density at radius 2 is 0.731 bits per heavy atom. The van der Waals surface area contributed by atoms with Crippen LogP contribution in [0.15, 0.2) is 72.9 Å². The highest BCUT2D eigenvalue weighted by atomic mass is 16.8. The number of carbonyl (C=O) groups is 1. The van der Waals surface area contributed by atoms with E-state index in [1.54, 1.807) is 12.2 Å². The van der Waals surface area contributed by atoms with Crippen LogP contribution in [0.3, 0.4) is 0 Å². The molecule has 0 aromatic rings. The predicted molar refractivity (Wildman–Crippen MR) is 365 cm³/mol. The molecular formula is C74H131NO18. The van der Waals surface area contributed by atoms with Crippen LogP contribution in [0.2, 0.25) is 0 Å². The van der Waals surface area contributed by atoms with Crippen molar-refractivity contribution in [2.45, 2.75) is 362 Å². The third-order valence-electron chi connectivity index (χ3n) is 18.0. The smallest absolute Gasteiger partial charge is 0.224 e. The molecule has 3 saturated heterocycles. The van der Waals surface area contributed by atoms with E-state index < -0.39 is 137 Å². The van der Waals surface area contributed by atoms with Gasteiger partial charge < -0.3 is 89.9 Å². The van der Waals surface area contributed by atoms with Gasteiger partial charge in [0.25, 0.3) is 0 Å². The number of rotatable bonds is 56. The van der Waals surface area contributed by atoms with E-state index in [-0.39, 0.29) is 6.42 Å². The van der Waals surface area contributed by atoms with Gasteiger partial charge in [-0.25, -0.2) is 0 Å². The summed E-state index contributed by atoms with van der Waals surface area (Å²) in [5, 5.41) is 120. The van der Waals surface area contributed by atoms with Gasteiger partial charge in [0, 0.05) is 6.42 Å². The second kappa shape index (κ2) is 55.1. The number of hydrogen-bond donors (Lipinski definition) is 12. The molecule has 19 nitrogen and oxygen atoms in total. The van der Waals surface area contributed by atoms with Gasteiger partial charge in [0.15, 0.2) is 18.9 Å².